The van der Waals surface area contributed by atoms with Crippen molar-refractivity contribution < 1.29 is 23.9 Å². The van der Waals surface area contributed by atoms with E-state index in [9.17, 15) is 19.2 Å². The monoisotopic (exact) mass is 188 g/mol. The summed E-state index contributed by atoms with van der Waals surface area (Å²) in [7, 11) is 0. The molecule has 0 fully saturated rings. The van der Waals surface area contributed by atoms with Crippen LogP contribution < -0.4 is 0 Å². The predicted octanol–water partition coefficient (Wildman–Crippen LogP) is -1.85. The number of rotatable bonds is 8. The summed E-state index contributed by atoms with van der Waals surface area (Å²) in [4.78, 5) is 41.4. The molecule has 0 saturated carbocycles. The van der Waals surface area contributed by atoms with E-state index in [-0.39, 0.29) is 39.1 Å². The maximum absolute atomic E-state index is 10.0. The van der Waals surface area contributed by atoms with Crippen molar-refractivity contribution in [1.29, 1.82) is 0 Å². The minimum absolute atomic E-state index is 0.263. The Morgan fingerprint density at radius 1 is 0.769 bits per heavy atom. The highest BCUT2D eigenvalue weighted by Gasteiger charge is 2.01. The second kappa shape index (κ2) is 6.92. The summed E-state index contributed by atoms with van der Waals surface area (Å²) in [5.74, 6) is 0. The molecule has 0 N–H and O–H groups in total. The highest BCUT2D eigenvalue weighted by Crippen LogP contribution is 1.82. The first kappa shape index (κ1) is 11.2. The minimum atomic E-state index is -0.300. The van der Waals surface area contributed by atoms with Gasteiger partial charge in [0, 0.05) is 0 Å². The van der Waals surface area contributed by atoms with Crippen LogP contribution in [0.25, 0.3) is 0 Å². The van der Waals surface area contributed by atoms with Gasteiger partial charge in [-0.05, 0) is 0 Å². The molecule has 0 heterocycles. The van der Waals surface area contributed by atoms with E-state index in [2.05, 4.69) is 4.74 Å². The molecular weight excluding hydrogens is 180 g/mol. The second-order valence-corrected chi connectivity index (χ2v) is 1.91. The van der Waals surface area contributed by atoms with Crippen molar-refractivity contribution >= 4 is 25.6 Å². The summed E-state index contributed by atoms with van der Waals surface area (Å²) in [6.07, 6.45) is 1.05. The van der Waals surface area contributed by atoms with Gasteiger partial charge in [-0.3, -0.25) is 29.0 Å². The Morgan fingerprint density at radius 3 is 1.31 bits per heavy atom. The van der Waals surface area contributed by atoms with E-state index in [1.54, 1.807) is 0 Å². The van der Waals surface area contributed by atoms with Gasteiger partial charge in [-0.25, -0.2) is 0 Å². The predicted molar refractivity (Wildman–Crippen MR) is 38.8 cm³/mol. The van der Waals surface area contributed by atoms with Crippen molar-refractivity contribution in [3.63, 3.8) is 0 Å². The van der Waals surface area contributed by atoms with Crippen molar-refractivity contribution in [2.45, 2.75) is 0 Å². The highest BCUT2D eigenvalue weighted by molar-refractivity contribution is 5.68. The summed E-state index contributed by atoms with van der Waals surface area (Å²) in [6, 6.07) is 0. The maximum atomic E-state index is 10.0. The number of nitrogens with zero attached hydrogens (tertiary/aromatic N) is 2. The molecule has 0 rings (SSSR count). The van der Waals surface area contributed by atoms with Crippen LogP contribution in [0.5, 0.6) is 0 Å². The van der Waals surface area contributed by atoms with Crippen molar-refractivity contribution in [2.24, 2.45) is 0 Å². The van der Waals surface area contributed by atoms with Crippen LogP contribution in [0.1, 0.15) is 0 Å². The molecular formula is C6H8N2O5. The first-order valence-electron chi connectivity index (χ1n) is 3.19. The van der Waals surface area contributed by atoms with Crippen LogP contribution in [0.4, 0.5) is 0 Å². The van der Waals surface area contributed by atoms with Gasteiger partial charge >= 0.3 is 0 Å². The van der Waals surface area contributed by atoms with Crippen LogP contribution in [0.15, 0.2) is 0 Å². The van der Waals surface area contributed by atoms with Crippen molar-refractivity contribution in [3.05, 3.63) is 0 Å². The molecule has 0 aromatic carbocycles. The lowest BCUT2D eigenvalue weighted by molar-refractivity contribution is -0.141. The number of hydrogen-bond donors (Lipinski definition) is 0. The molecule has 0 aliphatic rings. The molecule has 0 aromatic heterocycles. The van der Waals surface area contributed by atoms with Gasteiger partial charge in [0.25, 0.3) is 0 Å². The van der Waals surface area contributed by atoms with Gasteiger partial charge in [-0.1, -0.05) is 0 Å². The lowest BCUT2D eigenvalue weighted by Gasteiger charge is -2.12. The van der Waals surface area contributed by atoms with Gasteiger partial charge in [-0.15, -0.1) is 0 Å². The van der Waals surface area contributed by atoms with Gasteiger partial charge < -0.3 is 4.74 Å². The molecule has 0 atom stereocenters. The molecule has 0 aliphatic heterocycles. The van der Waals surface area contributed by atoms with E-state index in [1.165, 1.54) is 0 Å². The molecule has 13 heavy (non-hydrogen) atoms. The number of ether oxygens (including phenoxy) is 1. The molecule has 72 valence electrons. The fourth-order valence-corrected chi connectivity index (χ4v) is 0.423. The lowest BCUT2D eigenvalue weighted by atomic mass is 10.8. The van der Waals surface area contributed by atoms with E-state index in [4.69, 9.17) is 0 Å². The van der Waals surface area contributed by atoms with Gasteiger partial charge in [0.2, 0.25) is 25.6 Å². The molecule has 0 bridgehead atoms. The smallest absolute Gasteiger partial charge is 0.218 e. The number of imide groups is 2. The third-order valence-electron chi connectivity index (χ3n) is 1.02. The Kier molecular flexibility index (Phi) is 5.98. The van der Waals surface area contributed by atoms with Crippen LogP contribution in [0, 0.1) is 0 Å². The highest BCUT2D eigenvalue weighted by atomic mass is 16.5. The molecule has 0 spiro atoms. The van der Waals surface area contributed by atoms with Crippen molar-refractivity contribution in [3.8, 4) is 0 Å². The number of carbonyl (C=O) groups is 4. The molecule has 0 radical (unpaired) electrons. The third-order valence-corrected chi connectivity index (χ3v) is 1.02. The molecule has 4 amide bonds. The number of amides is 4. The van der Waals surface area contributed by atoms with Gasteiger partial charge in [0.15, 0.2) is 0 Å². The SMILES string of the molecule is O=CN(C=O)COCN(C=O)C=O. The van der Waals surface area contributed by atoms with Crippen molar-refractivity contribution in [1.82, 2.24) is 9.80 Å². The van der Waals surface area contributed by atoms with Gasteiger partial charge in [0.1, 0.15) is 13.5 Å². The first-order chi connectivity index (χ1) is 6.28. The summed E-state index contributed by atoms with van der Waals surface area (Å²) >= 11 is 0. The van der Waals surface area contributed by atoms with E-state index in [1.807, 2.05) is 0 Å². The maximum Gasteiger partial charge on any atom is 0.218 e. The topological polar surface area (TPSA) is 84.0 Å². The molecule has 0 saturated heterocycles. The summed E-state index contributed by atoms with van der Waals surface area (Å²) in [6.45, 7) is -0.601. The Hall–Kier alpha value is -1.76. The Balaban J connectivity index is 3.63. The summed E-state index contributed by atoms with van der Waals surface area (Å²) in [5.41, 5.74) is 0. The Labute approximate surface area is 73.8 Å². The van der Waals surface area contributed by atoms with E-state index >= 15 is 0 Å². The molecule has 7 nitrogen and oxygen atoms in total. The van der Waals surface area contributed by atoms with E-state index in [0.29, 0.717) is 9.80 Å². The van der Waals surface area contributed by atoms with Crippen molar-refractivity contribution in [2.75, 3.05) is 13.5 Å². The standard InChI is InChI=1S/C6H8N2O5/c9-1-7(2-10)5-13-6-8(3-11)4-12/h1-4H,5-6H2. The van der Waals surface area contributed by atoms with E-state index < -0.39 is 0 Å². The normalized spacial score (nSPS) is 8.62. The van der Waals surface area contributed by atoms with Crippen LogP contribution in [-0.4, -0.2) is 48.9 Å². The quantitative estimate of drug-likeness (QED) is 0.329. The van der Waals surface area contributed by atoms with Gasteiger partial charge in [-0.2, -0.15) is 0 Å². The minimum Gasteiger partial charge on any atom is -0.340 e. The largest absolute Gasteiger partial charge is 0.340 e. The zero-order valence-corrected chi connectivity index (χ0v) is 6.66. The Bertz CT molecular complexity index is 159. The van der Waals surface area contributed by atoms with Gasteiger partial charge in [0.05, 0.1) is 0 Å². The lowest BCUT2D eigenvalue weighted by Crippen LogP contribution is -2.29. The summed E-state index contributed by atoms with van der Waals surface area (Å²) in [5, 5.41) is 0. The summed E-state index contributed by atoms with van der Waals surface area (Å²) < 4.78 is 4.65. The third kappa shape index (κ3) is 4.64. The number of carbonyl (C=O) groups excluding carboxylic acids is 4. The second-order valence-electron chi connectivity index (χ2n) is 1.91. The Morgan fingerprint density at radius 2 is 1.08 bits per heavy atom. The fourth-order valence-electron chi connectivity index (χ4n) is 0.423. The van der Waals surface area contributed by atoms with Crippen LogP contribution in [0.2, 0.25) is 0 Å². The van der Waals surface area contributed by atoms with Crippen LogP contribution in [-0.2, 0) is 23.9 Å². The molecule has 7 heteroatoms. The first-order valence-corrected chi connectivity index (χ1v) is 3.19. The van der Waals surface area contributed by atoms with E-state index in [0.717, 1.165) is 0 Å². The fraction of sp³-hybridized carbons (Fsp3) is 0.333. The average Bonchev–Trinajstić information content (AvgIpc) is 2.19. The zero-order valence-electron chi connectivity index (χ0n) is 6.66. The average molecular weight is 188 g/mol. The van der Waals surface area contributed by atoms with Crippen LogP contribution in [0.3, 0.4) is 0 Å². The van der Waals surface area contributed by atoms with Crippen LogP contribution >= 0.6 is 0 Å². The number of hydrogen-bond acceptors (Lipinski definition) is 5. The zero-order chi connectivity index (χ0) is 10.1. The molecule has 0 aliphatic carbocycles. The molecule has 0 unspecified atom stereocenters. The molecule has 0 aromatic rings.